The van der Waals surface area contributed by atoms with Crippen LogP contribution in [0.3, 0.4) is 0 Å². The van der Waals surface area contributed by atoms with Crippen LogP contribution in [0.5, 0.6) is 0 Å². The van der Waals surface area contributed by atoms with E-state index in [1.807, 2.05) is 0 Å². The van der Waals surface area contributed by atoms with Gasteiger partial charge in [-0.2, -0.15) is 13.9 Å². The summed E-state index contributed by atoms with van der Waals surface area (Å²) in [6.07, 6.45) is -2.17. The number of nitrogens with one attached hydrogen (secondary N) is 1. The number of alkyl halides is 4. The largest absolute Gasteiger partial charge is 0.373 e. The Morgan fingerprint density at radius 3 is 2.61 bits per heavy atom. The molecule has 0 aliphatic heterocycles. The molecule has 104 valence electrons. The number of halogens is 4. The third kappa shape index (κ3) is 3.67. The minimum atomic E-state index is -4.12. The van der Waals surface area contributed by atoms with E-state index >= 15 is 0 Å². The van der Waals surface area contributed by atoms with Gasteiger partial charge in [0.05, 0.1) is 18.3 Å². The van der Waals surface area contributed by atoms with Crippen molar-refractivity contribution in [1.82, 2.24) is 15.1 Å². The smallest absolute Gasteiger partial charge is 0.330 e. The van der Waals surface area contributed by atoms with Crippen LogP contribution >= 0.6 is 0 Å². The molecule has 1 N–H and O–H groups in total. The number of nitrogens with zero attached hydrogens (tertiary/aromatic N) is 2. The molecule has 0 aliphatic carbocycles. The number of hydrogen-bond acceptors (Lipinski definition) is 3. The third-order valence-corrected chi connectivity index (χ3v) is 2.46. The number of aromatic nitrogens is 2. The van der Waals surface area contributed by atoms with Gasteiger partial charge in [0.25, 0.3) is 0 Å². The van der Waals surface area contributed by atoms with E-state index in [9.17, 15) is 17.6 Å². The second-order valence-electron chi connectivity index (χ2n) is 3.80. The summed E-state index contributed by atoms with van der Waals surface area (Å²) in [4.78, 5) is 0. The molecule has 1 aromatic rings. The van der Waals surface area contributed by atoms with Gasteiger partial charge in [-0.15, -0.1) is 0 Å². The summed E-state index contributed by atoms with van der Waals surface area (Å²) >= 11 is 0. The lowest BCUT2D eigenvalue weighted by molar-refractivity contribution is -0.167. The molecule has 0 spiro atoms. The van der Waals surface area contributed by atoms with Gasteiger partial charge in [-0.3, -0.25) is 4.68 Å². The standard InChI is InChI=1S/C10H15F4N3O/c1-15-7(8-3-4-16-17(8)2)5-18-6-10(13,14)9(11)12/h3-4,7,9,15H,5-6H2,1-2H3. The van der Waals surface area contributed by atoms with Crippen LogP contribution in [0.4, 0.5) is 17.6 Å². The topological polar surface area (TPSA) is 39.1 Å². The Hall–Kier alpha value is -1.15. The highest BCUT2D eigenvalue weighted by Crippen LogP contribution is 2.23. The first-order valence-corrected chi connectivity index (χ1v) is 5.27. The van der Waals surface area contributed by atoms with Crippen LogP contribution in [0.25, 0.3) is 0 Å². The van der Waals surface area contributed by atoms with Crippen LogP contribution < -0.4 is 5.32 Å². The zero-order valence-corrected chi connectivity index (χ0v) is 10.0. The highest BCUT2D eigenvalue weighted by atomic mass is 19.3. The van der Waals surface area contributed by atoms with Crippen LogP contribution in [0.1, 0.15) is 11.7 Å². The first kappa shape index (κ1) is 14.9. The quantitative estimate of drug-likeness (QED) is 0.764. The summed E-state index contributed by atoms with van der Waals surface area (Å²) in [7, 11) is 3.31. The Bertz CT molecular complexity index is 370. The second kappa shape index (κ2) is 6.14. The molecule has 0 aliphatic rings. The molecule has 0 radical (unpaired) electrons. The molecule has 0 aromatic carbocycles. The molecule has 0 fully saturated rings. The average Bonchev–Trinajstić information content (AvgIpc) is 2.71. The van der Waals surface area contributed by atoms with Crippen molar-refractivity contribution in [3.05, 3.63) is 18.0 Å². The Balaban J connectivity index is 2.49. The maximum absolute atomic E-state index is 12.6. The lowest BCUT2D eigenvalue weighted by Crippen LogP contribution is -2.34. The molecule has 1 rings (SSSR count). The fourth-order valence-electron chi connectivity index (χ4n) is 1.42. The predicted octanol–water partition coefficient (Wildman–Crippen LogP) is 1.60. The predicted molar refractivity (Wildman–Crippen MR) is 56.8 cm³/mol. The third-order valence-electron chi connectivity index (χ3n) is 2.46. The first-order valence-electron chi connectivity index (χ1n) is 5.27. The van der Waals surface area contributed by atoms with E-state index in [2.05, 4.69) is 15.2 Å². The van der Waals surface area contributed by atoms with Crippen molar-refractivity contribution in [2.24, 2.45) is 7.05 Å². The zero-order chi connectivity index (χ0) is 13.8. The van der Waals surface area contributed by atoms with E-state index in [1.54, 1.807) is 31.0 Å². The summed E-state index contributed by atoms with van der Waals surface area (Å²) in [5.74, 6) is -4.12. The number of aryl methyl sites for hydroxylation is 1. The summed E-state index contributed by atoms with van der Waals surface area (Å²) in [6.45, 7) is -1.45. The summed E-state index contributed by atoms with van der Waals surface area (Å²) in [6, 6.07) is 1.31. The van der Waals surface area contributed by atoms with Crippen molar-refractivity contribution < 1.29 is 22.3 Å². The van der Waals surface area contributed by atoms with E-state index in [1.165, 1.54) is 0 Å². The lowest BCUT2D eigenvalue weighted by atomic mass is 10.2. The van der Waals surface area contributed by atoms with Crippen molar-refractivity contribution in [2.45, 2.75) is 18.4 Å². The van der Waals surface area contributed by atoms with E-state index in [0.717, 1.165) is 5.69 Å². The Kier molecular flexibility index (Phi) is 5.09. The lowest BCUT2D eigenvalue weighted by Gasteiger charge is -2.19. The number of ether oxygens (including phenoxy) is 1. The molecular formula is C10H15F4N3O. The van der Waals surface area contributed by atoms with Gasteiger partial charge in [0.15, 0.2) is 0 Å². The number of hydrogen-bond donors (Lipinski definition) is 1. The highest BCUT2D eigenvalue weighted by molar-refractivity contribution is 5.06. The van der Waals surface area contributed by atoms with Crippen LogP contribution in [0.2, 0.25) is 0 Å². The van der Waals surface area contributed by atoms with Crippen LogP contribution in [-0.4, -0.2) is 42.4 Å². The van der Waals surface area contributed by atoms with Gasteiger partial charge < -0.3 is 10.1 Å². The van der Waals surface area contributed by atoms with Crippen LogP contribution in [-0.2, 0) is 11.8 Å². The summed E-state index contributed by atoms with van der Waals surface area (Å²) in [5, 5.41) is 6.77. The first-order chi connectivity index (χ1) is 8.38. The van der Waals surface area contributed by atoms with E-state index in [0.29, 0.717) is 0 Å². The fraction of sp³-hybridized carbons (Fsp3) is 0.700. The molecule has 0 saturated carbocycles. The zero-order valence-electron chi connectivity index (χ0n) is 10.0. The van der Waals surface area contributed by atoms with Gasteiger partial charge >= 0.3 is 12.3 Å². The SMILES string of the molecule is CNC(COCC(F)(F)C(F)F)c1ccnn1C. The van der Waals surface area contributed by atoms with Gasteiger partial charge in [0.2, 0.25) is 0 Å². The number of likely N-dealkylation sites (N-methyl/N-ethyl adjacent to an activating group) is 1. The molecule has 0 saturated heterocycles. The molecular weight excluding hydrogens is 254 g/mol. The summed E-state index contributed by atoms with van der Waals surface area (Å²) < 4.78 is 55.2. The van der Waals surface area contributed by atoms with E-state index in [-0.39, 0.29) is 12.6 Å². The monoisotopic (exact) mass is 269 g/mol. The van der Waals surface area contributed by atoms with Gasteiger partial charge in [0, 0.05) is 13.2 Å². The maximum atomic E-state index is 12.6. The maximum Gasteiger partial charge on any atom is 0.330 e. The highest BCUT2D eigenvalue weighted by Gasteiger charge is 2.41. The molecule has 8 heteroatoms. The minimum Gasteiger partial charge on any atom is -0.373 e. The molecule has 18 heavy (non-hydrogen) atoms. The van der Waals surface area contributed by atoms with Gasteiger partial charge in [0.1, 0.15) is 6.61 Å². The fourth-order valence-corrected chi connectivity index (χ4v) is 1.42. The average molecular weight is 269 g/mol. The Labute approximate surface area is 102 Å². The van der Waals surface area contributed by atoms with E-state index in [4.69, 9.17) is 0 Å². The normalized spacial score (nSPS) is 14.2. The van der Waals surface area contributed by atoms with Crippen molar-refractivity contribution in [3.8, 4) is 0 Å². The second-order valence-corrected chi connectivity index (χ2v) is 3.80. The Morgan fingerprint density at radius 2 is 2.17 bits per heavy atom. The van der Waals surface area contributed by atoms with Crippen molar-refractivity contribution in [2.75, 3.05) is 20.3 Å². The van der Waals surface area contributed by atoms with Crippen LogP contribution in [0.15, 0.2) is 12.3 Å². The molecule has 1 unspecified atom stereocenters. The van der Waals surface area contributed by atoms with Crippen molar-refractivity contribution >= 4 is 0 Å². The van der Waals surface area contributed by atoms with Gasteiger partial charge in [-0.05, 0) is 13.1 Å². The molecule has 1 heterocycles. The molecule has 1 aromatic heterocycles. The van der Waals surface area contributed by atoms with E-state index < -0.39 is 19.0 Å². The minimum absolute atomic E-state index is 0.141. The number of rotatable bonds is 7. The molecule has 0 bridgehead atoms. The van der Waals surface area contributed by atoms with Crippen LogP contribution in [0, 0.1) is 0 Å². The van der Waals surface area contributed by atoms with Crippen molar-refractivity contribution in [1.29, 1.82) is 0 Å². The molecule has 0 amide bonds. The molecule has 4 nitrogen and oxygen atoms in total. The van der Waals surface area contributed by atoms with Gasteiger partial charge in [-0.25, -0.2) is 8.78 Å². The van der Waals surface area contributed by atoms with Crippen molar-refractivity contribution in [3.63, 3.8) is 0 Å². The van der Waals surface area contributed by atoms with Gasteiger partial charge in [-0.1, -0.05) is 0 Å². The summed E-state index contributed by atoms with van der Waals surface area (Å²) in [5.41, 5.74) is 0.720. The Morgan fingerprint density at radius 1 is 1.50 bits per heavy atom. The molecule has 1 atom stereocenters.